The average Bonchev–Trinajstić information content (AvgIpc) is 2.18. The van der Waals surface area contributed by atoms with Crippen molar-refractivity contribution in [3.8, 4) is 0 Å². The van der Waals surface area contributed by atoms with E-state index in [0.717, 1.165) is 5.56 Å². The quantitative estimate of drug-likeness (QED) is 0.874. The molecule has 0 amide bonds. The van der Waals surface area contributed by atoms with Crippen LogP contribution in [0, 0.1) is 0 Å². The second kappa shape index (κ2) is 5.44. The molecule has 0 bridgehead atoms. The van der Waals surface area contributed by atoms with Crippen molar-refractivity contribution in [2.45, 2.75) is 19.2 Å². The molecule has 2 nitrogen and oxygen atoms in total. The molecule has 1 aromatic rings. The van der Waals surface area contributed by atoms with Gasteiger partial charge in [0.25, 0.3) is 0 Å². The van der Waals surface area contributed by atoms with Crippen LogP contribution in [0.5, 0.6) is 0 Å². The van der Waals surface area contributed by atoms with Crippen molar-refractivity contribution in [1.82, 2.24) is 0 Å². The highest BCUT2D eigenvalue weighted by Gasteiger charge is 2.08. The molecule has 0 saturated carbocycles. The van der Waals surface area contributed by atoms with E-state index in [1.54, 1.807) is 18.2 Å². The van der Waals surface area contributed by atoms with Gasteiger partial charge in [0, 0.05) is 4.47 Å². The minimum absolute atomic E-state index is 0.434. The van der Waals surface area contributed by atoms with Gasteiger partial charge in [-0.1, -0.05) is 28.1 Å². The lowest BCUT2D eigenvalue weighted by atomic mass is 10.1. The summed E-state index contributed by atoms with van der Waals surface area (Å²) in [5, 5.41) is 9.61. The van der Waals surface area contributed by atoms with Crippen molar-refractivity contribution in [3.05, 3.63) is 33.8 Å². The SMILES string of the molecule is NCCC(O)c1ccc(CF)c(Br)c1. The van der Waals surface area contributed by atoms with Crippen molar-refractivity contribution >= 4 is 15.9 Å². The maximum Gasteiger partial charge on any atom is 0.116 e. The molecule has 0 saturated heterocycles. The fourth-order valence-electron chi connectivity index (χ4n) is 1.20. The standard InChI is InChI=1S/C10H13BrFNO/c11-9-5-7(10(14)3-4-13)1-2-8(9)6-12/h1-2,5,10,14H,3-4,6,13H2. The summed E-state index contributed by atoms with van der Waals surface area (Å²) in [5.41, 5.74) is 6.68. The molecule has 1 aromatic carbocycles. The van der Waals surface area contributed by atoms with Crippen LogP contribution in [0.4, 0.5) is 4.39 Å². The Morgan fingerprint density at radius 2 is 2.21 bits per heavy atom. The lowest BCUT2D eigenvalue weighted by Gasteiger charge is -2.10. The molecule has 0 spiro atoms. The number of nitrogens with two attached hydrogens (primary N) is 1. The molecule has 14 heavy (non-hydrogen) atoms. The molecule has 0 radical (unpaired) electrons. The van der Waals surface area contributed by atoms with Crippen molar-refractivity contribution in [3.63, 3.8) is 0 Å². The Balaban J connectivity index is 2.85. The van der Waals surface area contributed by atoms with Crippen LogP contribution < -0.4 is 5.73 Å². The molecule has 0 fully saturated rings. The monoisotopic (exact) mass is 261 g/mol. The number of hydrogen-bond donors (Lipinski definition) is 2. The lowest BCUT2D eigenvalue weighted by Crippen LogP contribution is -2.06. The molecule has 1 unspecified atom stereocenters. The third-order valence-corrected chi connectivity index (χ3v) is 2.78. The van der Waals surface area contributed by atoms with Gasteiger partial charge in [-0.2, -0.15) is 0 Å². The summed E-state index contributed by atoms with van der Waals surface area (Å²) in [6, 6.07) is 5.12. The molecular weight excluding hydrogens is 249 g/mol. The Labute approximate surface area is 91.1 Å². The second-order valence-electron chi connectivity index (χ2n) is 3.08. The number of halogens is 2. The van der Waals surface area contributed by atoms with Crippen molar-refractivity contribution in [2.75, 3.05) is 6.54 Å². The molecule has 0 aliphatic heterocycles. The summed E-state index contributed by atoms with van der Waals surface area (Å²) in [6.07, 6.45) is -0.0496. The zero-order chi connectivity index (χ0) is 10.6. The number of aliphatic hydroxyl groups excluding tert-OH is 1. The van der Waals surface area contributed by atoms with E-state index < -0.39 is 12.8 Å². The highest BCUT2D eigenvalue weighted by molar-refractivity contribution is 9.10. The number of hydrogen-bond acceptors (Lipinski definition) is 2. The molecule has 0 aliphatic carbocycles. The van der Waals surface area contributed by atoms with Crippen molar-refractivity contribution in [1.29, 1.82) is 0 Å². The first-order valence-electron chi connectivity index (χ1n) is 4.41. The maximum absolute atomic E-state index is 12.4. The summed E-state index contributed by atoms with van der Waals surface area (Å²) in [5.74, 6) is 0. The van der Waals surface area contributed by atoms with E-state index >= 15 is 0 Å². The minimum Gasteiger partial charge on any atom is -0.388 e. The average molecular weight is 262 g/mol. The molecule has 4 heteroatoms. The van der Waals surface area contributed by atoms with Crippen LogP contribution in [0.1, 0.15) is 23.7 Å². The van der Waals surface area contributed by atoms with E-state index in [2.05, 4.69) is 15.9 Å². The predicted octanol–water partition coefficient (Wildman–Crippen LogP) is 2.30. The van der Waals surface area contributed by atoms with Crippen molar-refractivity contribution < 1.29 is 9.50 Å². The summed E-state index contributed by atoms with van der Waals surface area (Å²) < 4.78 is 13.0. The summed E-state index contributed by atoms with van der Waals surface area (Å²) in [7, 11) is 0. The van der Waals surface area contributed by atoms with Gasteiger partial charge in [-0.15, -0.1) is 0 Å². The summed E-state index contributed by atoms with van der Waals surface area (Å²) in [4.78, 5) is 0. The van der Waals surface area contributed by atoms with Crippen LogP contribution in [0.2, 0.25) is 0 Å². The van der Waals surface area contributed by atoms with E-state index in [0.29, 0.717) is 23.0 Å². The molecule has 1 rings (SSSR count). The highest BCUT2D eigenvalue weighted by Crippen LogP contribution is 2.24. The fourth-order valence-corrected chi connectivity index (χ4v) is 1.71. The minimum atomic E-state index is -0.565. The lowest BCUT2D eigenvalue weighted by molar-refractivity contribution is 0.170. The number of alkyl halides is 1. The van der Waals surface area contributed by atoms with Gasteiger partial charge in [-0.3, -0.25) is 0 Å². The van der Waals surface area contributed by atoms with Gasteiger partial charge in [0.05, 0.1) is 6.10 Å². The normalized spacial score (nSPS) is 12.9. The van der Waals surface area contributed by atoms with Gasteiger partial charge < -0.3 is 10.8 Å². The van der Waals surface area contributed by atoms with Crippen molar-refractivity contribution in [2.24, 2.45) is 5.73 Å². The van der Waals surface area contributed by atoms with Gasteiger partial charge in [-0.05, 0) is 30.2 Å². The molecule has 1 atom stereocenters. The molecule has 0 heterocycles. The van der Waals surface area contributed by atoms with Crippen LogP contribution in [0.3, 0.4) is 0 Å². The summed E-state index contributed by atoms with van der Waals surface area (Å²) in [6.45, 7) is -0.0719. The Morgan fingerprint density at radius 1 is 1.50 bits per heavy atom. The van der Waals surface area contributed by atoms with Gasteiger partial charge in [0.15, 0.2) is 0 Å². The third-order valence-electron chi connectivity index (χ3n) is 2.05. The van der Waals surface area contributed by atoms with Gasteiger partial charge in [0.1, 0.15) is 6.67 Å². The van der Waals surface area contributed by atoms with E-state index in [4.69, 9.17) is 5.73 Å². The smallest absolute Gasteiger partial charge is 0.116 e. The first kappa shape index (κ1) is 11.6. The Morgan fingerprint density at radius 3 is 2.71 bits per heavy atom. The van der Waals surface area contributed by atoms with E-state index in [1.807, 2.05) is 0 Å². The Kier molecular flexibility index (Phi) is 4.51. The van der Waals surface area contributed by atoms with Crippen LogP contribution >= 0.6 is 15.9 Å². The third kappa shape index (κ3) is 2.77. The van der Waals surface area contributed by atoms with E-state index in [9.17, 15) is 9.50 Å². The van der Waals surface area contributed by atoms with Gasteiger partial charge in [-0.25, -0.2) is 4.39 Å². The molecular formula is C10H13BrFNO. The molecule has 0 aliphatic rings. The number of rotatable bonds is 4. The van der Waals surface area contributed by atoms with Crippen LogP contribution in [0.25, 0.3) is 0 Å². The van der Waals surface area contributed by atoms with Crippen LogP contribution in [-0.2, 0) is 6.67 Å². The molecule has 0 aromatic heterocycles. The summed E-state index contributed by atoms with van der Waals surface area (Å²) >= 11 is 3.24. The second-order valence-corrected chi connectivity index (χ2v) is 3.93. The van der Waals surface area contributed by atoms with Crippen LogP contribution in [-0.4, -0.2) is 11.7 Å². The fraction of sp³-hybridized carbons (Fsp3) is 0.400. The van der Waals surface area contributed by atoms with Gasteiger partial charge in [0.2, 0.25) is 0 Å². The number of benzene rings is 1. The zero-order valence-electron chi connectivity index (χ0n) is 7.71. The topological polar surface area (TPSA) is 46.2 Å². The Hall–Kier alpha value is -0.450. The Bertz CT molecular complexity index is 306. The highest BCUT2D eigenvalue weighted by atomic mass is 79.9. The van der Waals surface area contributed by atoms with E-state index in [1.165, 1.54) is 0 Å². The molecule has 78 valence electrons. The first-order chi connectivity index (χ1) is 6.69. The molecule has 3 N–H and O–H groups in total. The predicted molar refractivity (Wildman–Crippen MR) is 57.6 cm³/mol. The van der Waals surface area contributed by atoms with Crippen LogP contribution in [0.15, 0.2) is 22.7 Å². The zero-order valence-corrected chi connectivity index (χ0v) is 9.30. The maximum atomic E-state index is 12.4. The first-order valence-corrected chi connectivity index (χ1v) is 5.20. The van der Waals surface area contributed by atoms with E-state index in [-0.39, 0.29) is 0 Å². The largest absolute Gasteiger partial charge is 0.388 e. The van der Waals surface area contributed by atoms with Gasteiger partial charge >= 0.3 is 0 Å². The number of aliphatic hydroxyl groups is 1.